The highest BCUT2D eigenvalue weighted by molar-refractivity contribution is 5.87. The molecule has 0 aromatic heterocycles. The number of nitrogens with zero attached hydrogens (tertiary/aromatic N) is 1. The van der Waals surface area contributed by atoms with E-state index in [0.29, 0.717) is 18.0 Å². The molecule has 4 nitrogen and oxygen atoms in total. The molecule has 1 aromatic rings. The number of aliphatic hydroxyl groups is 1. The Morgan fingerprint density at radius 2 is 1.97 bits per heavy atom. The molecule has 2 N–H and O–H groups in total. The normalized spacial score (nSPS) is 25.8. The molecule has 0 amide bonds. The van der Waals surface area contributed by atoms with E-state index >= 15 is 0 Å². The van der Waals surface area contributed by atoms with Crippen molar-refractivity contribution in [3.05, 3.63) is 71.3 Å². The van der Waals surface area contributed by atoms with Gasteiger partial charge in [0.25, 0.3) is 0 Å². The molecule has 4 heteroatoms. The summed E-state index contributed by atoms with van der Waals surface area (Å²) in [5.74, 6) is -0.930. The van der Waals surface area contributed by atoms with Crippen molar-refractivity contribution in [1.82, 2.24) is 4.90 Å². The van der Waals surface area contributed by atoms with E-state index in [4.69, 9.17) is 0 Å². The van der Waals surface area contributed by atoms with Crippen LogP contribution in [0, 0.1) is 5.92 Å². The van der Waals surface area contributed by atoms with Gasteiger partial charge in [0.2, 0.25) is 0 Å². The zero-order valence-electron chi connectivity index (χ0n) is 20.0. The maximum Gasteiger partial charge on any atom is 0.331 e. The molecule has 174 valence electrons. The quantitative estimate of drug-likeness (QED) is 0.477. The molecule has 0 bridgehead atoms. The predicted molar refractivity (Wildman–Crippen MR) is 130 cm³/mol. The minimum atomic E-state index is -0.937. The lowest BCUT2D eigenvalue weighted by Gasteiger charge is -2.43. The maximum absolute atomic E-state index is 12.1. The number of likely N-dealkylation sites (tertiary alicyclic amines) is 1. The van der Waals surface area contributed by atoms with Crippen LogP contribution in [0.15, 0.2) is 65.8 Å². The smallest absolute Gasteiger partial charge is 0.331 e. The van der Waals surface area contributed by atoms with Crippen molar-refractivity contribution in [2.45, 2.75) is 89.9 Å². The Morgan fingerprint density at radius 1 is 1.25 bits per heavy atom. The molecule has 0 spiro atoms. The lowest BCUT2D eigenvalue weighted by Crippen LogP contribution is -2.50. The van der Waals surface area contributed by atoms with Crippen molar-refractivity contribution >= 4 is 5.97 Å². The molecule has 1 aliphatic carbocycles. The predicted octanol–water partition coefficient (Wildman–Crippen LogP) is 5.84. The lowest BCUT2D eigenvalue weighted by atomic mass is 9.80. The Balaban J connectivity index is 2.00. The Morgan fingerprint density at radius 3 is 2.53 bits per heavy atom. The number of hydrogen-bond acceptors (Lipinski definition) is 3. The summed E-state index contributed by atoms with van der Waals surface area (Å²) in [6, 6.07) is 10.4. The van der Waals surface area contributed by atoms with Gasteiger partial charge in [-0.2, -0.15) is 0 Å². The summed E-state index contributed by atoms with van der Waals surface area (Å²) in [4.78, 5) is 14.7. The molecule has 1 aliphatic heterocycles. The number of carboxylic acid groups (broad SMARTS) is 1. The van der Waals surface area contributed by atoms with E-state index in [1.54, 1.807) is 6.08 Å². The fraction of sp³-hybridized carbons (Fsp3) is 0.536. The van der Waals surface area contributed by atoms with E-state index in [1.807, 2.05) is 44.2 Å². The van der Waals surface area contributed by atoms with Gasteiger partial charge in [0.05, 0.1) is 5.60 Å². The first-order chi connectivity index (χ1) is 15.3. The topological polar surface area (TPSA) is 60.8 Å². The highest BCUT2D eigenvalue weighted by Gasteiger charge is 2.44. The number of aliphatic carboxylic acids is 1. The van der Waals surface area contributed by atoms with Gasteiger partial charge in [-0.1, -0.05) is 61.6 Å². The van der Waals surface area contributed by atoms with Gasteiger partial charge >= 0.3 is 5.97 Å². The van der Waals surface area contributed by atoms with E-state index in [0.717, 1.165) is 37.7 Å². The van der Waals surface area contributed by atoms with Crippen LogP contribution in [0.5, 0.6) is 0 Å². The van der Waals surface area contributed by atoms with Crippen molar-refractivity contribution in [3.63, 3.8) is 0 Å². The lowest BCUT2D eigenvalue weighted by molar-refractivity contribution is -0.133. The molecule has 32 heavy (non-hydrogen) atoms. The molecule has 1 fully saturated rings. The van der Waals surface area contributed by atoms with E-state index in [-0.39, 0.29) is 18.0 Å². The first-order valence-electron chi connectivity index (χ1n) is 12.1. The van der Waals surface area contributed by atoms with E-state index in [2.05, 4.69) is 37.0 Å². The summed E-state index contributed by atoms with van der Waals surface area (Å²) in [6.07, 6.45) is 13.9. The number of hydrogen-bond donors (Lipinski definition) is 2. The van der Waals surface area contributed by atoms with Gasteiger partial charge in [-0.15, -0.1) is 0 Å². The Bertz CT molecular complexity index is 868. The zero-order valence-corrected chi connectivity index (χ0v) is 20.0. The highest BCUT2D eigenvalue weighted by atomic mass is 16.4. The highest BCUT2D eigenvalue weighted by Crippen LogP contribution is 2.41. The summed E-state index contributed by atoms with van der Waals surface area (Å²) >= 11 is 0. The molecule has 3 rings (SSSR count). The van der Waals surface area contributed by atoms with Crippen LogP contribution in [0.25, 0.3) is 0 Å². The van der Waals surface area contributed by atoms with Gasteiger partial charge in [-0.05, 0) is 70.4 Å². The van der Waals surface area contributed by atoms with Crippen molar-refractivity contribution in [2.75, 3.05) is 0 Å². The van der Waals surface area contributed by atoms with Crippen LogP contribution in [0.4, 0.5) is 0 Å². The van der Waals surface area contributed by atoms with Crippen molar-refractivity contribution in [2.24, 2.45) is 5.92 Å². The second kappa shape index (κ2) is 10.6. The zero-order chi connectivity index (χ0) is 23.3. The summed E-state index contributed by atoms with van der Waals surface area (Å²) in [5, 5.41) is 21.4. The number of allylic oxidation sites excluding steroid dienone is 3. The van der Waals surface area contributed by atoms with E-state index in [9.17, 15) is 15.0 Å². The van der Waals surface area contributed by atoms with Gasteiger partial charge < -0.3 is 10.2 Å². The first-order valence-corrected chi connectivity index (χ1v) is 12.1. The fourth-order valence-electron chi connectivity index (χ4n) is 5.75. The van der Waals surface area contributed by atoms with Crippen molar-refractivity contribution in [3.8, 4) is 0 Å². The number of benzene rings is 1. The molecule has 0 saturated carbocycles. The summed E-state index contributed by atoms with van der Waals surface area (Å²) in [6.45, 7) is 8.08. The van der Waals surface area contributed by atoms with E-state index < -0.39 is 11.6 Å². The third kappa shape index (κ3) is 5.24. The monoisotopic (exact) mass is 437 g/mol. The van der Waals surface area contributed by atoms with Gasteiger partial charge in [0.15, 0.2) is 0 Å². The molecule has 1 heterocycles. The first kappa shape index (κ1) is 24.5. The number of carboxylic acids is 1. The number of rotatable bonds is 9. The van der Waals surface area contributed by atoms with Crippen LogP contribution in [-0.4, -0.2) is 39.2 Å². The maximum atomic E-state index is 12.1. The van der Waals surface area contributed by atoms with E-state index in [1.165, 1.54) is 5.57 Å². The van der Waals surface area contributed by atoms with Crippen LogP contribution in [0.2, 0.25) is 0 Å². The third-order valence-corrected chi connectivity index (χ3v) is 7.34. The van der Waals surface area contributed by atoms with Gasteiger partial charge in [-0.25, -0.2) is 4.79 Å². The van der Waals surface area contributed by atoms with Crippen LogP contribution < -0.4 is 0 Å². The minimum Gasteiger partial charge on any atom is -0.478 e. The van der Waals surface area contributed by atoms with Crippen LogP contribution in [0.3, 0.4) is 0 Å². The molecule has 1 aromatic carbocycles. The number of carbonyl (C=O) groups is 1. The molecule has 5 atom stereocenters. The van der Waals surface area contributed by atoms with Crippen molar-refractivity contribution < 1.29 is 15.0 Å². The second-order valence-corrected chi connectivity index (χ2v) is 9.56. The fourth-order valence-corrected chi connectivity index (χ4v) is 5.75. The van der Waals surface area contributed by atoms with Crippen LogP contribution >= 0.6 is 0 Å². The summed E-state index contributed by atoms with van der Waals surface area (Å²) < 4.78 is 0. The standard InChI is InChI=1S/C28H39NO3/c1-5-24(25(6-2)27(30)31)26(21-13-9-7-10-14-21)29-20(3)17-18-23(29)19-28(4,32)22-15-11-8-12-16-22/h6,8-9,11-16,20,23-24,26,32H,5,7,10,17-19H2,1-4H3,(H,30,31)/b25-6+. The Labute approximate surface area is 193 Å². The van der Waals surface area contributed by atoms with Crippen LogP contribution in [-0.2, 0) is 10.4 Å². The minimum absolute atomic E-state index is 0.00655. The third-order valence-electron chi connectivity index (χ3n) is 7.34. The molecule has 2 aliphatic rings. The van der Waals surface area contributed by atoms with Gasteiger partial charge in [0.1, 0.15) is 0 Å². The average molecular weight is 438 g/mol. The van der Waals surface area contributed by atoms with Gasteiger partial charge in [-0.3, -0.25) is 4.90 Å². The van der Waals surface area contributed by atoms with Crippen LogP contribution in [0.1, 0.15) is 71.8 Å². The Hall–Kier alpha value is -2.17. The summed E-state index contributed by atoms with van der Waals surface area (Å²) in [7, 11) is 0. The largest absolute Gasteiger partial charge is 0.478 e. The average Bonchev–Trinajstić information content (AvgIpc) is 3.13. The molecule has 5 unspecified atom stereocenters. The Kier molecular flexibility index (Phi) is 8.13. The summed E-state index contributed by atoms with van der Waals surface area (Å²) in [5.41, 5.74) is 1.71. The molecular weight excluding hydrogens is 398 g/mol. The van der Waals surface area contributed by atoms with Crippen molar-refractivity contribution in [1.29, 1.82) is 0 Å². The second-order valence-electron chi connectivity index (χ2n) is 9.56. The molecule has 0 radical (unpaired) electrons. The molecular formula is C28H39NO3. The molecule has 1 saturated heterocycles. The SMILES string of the molecule is C/C=C(/C(=O)O)C(CC)C(C1=CCCC=C1)N1C(C)CCC1CC(C)(O)c1ccccc1. The van der Waals surface area contributed by atoms with Gasteiger partial charge in [0, 0.05) is 29.6 Å².